The van der Waals surface area contributed by atoms with Gasteiger partial charge in [0.2, 0.25) is 0 Å². The molecule has 8 heteroatoms. The summed E-state index contributed by atoms with van der Waals surface area (Å²) in [5.41, 5.74) is 0.245. The topological polar surface area (TPSA) is 75.6 Å². The smallest absolute Gasteiger partial charge is 0.416 e. The van der Waals surface area contributed by atoms with Crippen molar-refractivity contribution in [3.8, 4) is 0 Å². The van der Waals surface area contributed by atoms with Crippen molar-refractivity contribution >= 4 is 12.1 Å². The van der Waals surface area contributed by atoms with E-state index in [1.807, 2.05) is 0 Å². The van der Waals surface area contributed by atoms with Gasteiger partial charge in [-0.3, -0.25) is 0 Å². The van der Waals surface area contributed by atoms with Crippen molar-refractivity contribution in [1.29, 1.82) is 0 Å². The van der Waals surface area contributed by atoms with Crippen molar-refractivity contribution in [1.82, 2.24) is 5.32 Å². The lowest BCUT2D eigenvalue weighted by Gasteiger charge is -2.15. The van der Waals surface area contributed by atoms with Crippen LogP contribution in [0.15, 0.2) is 54.6 Å². The summed E-state index contributed by atoms with van der Waals surface area (Å²) < 4.78 is 42.6. The summed E-state index contributed by atoms with van der Waals surface area (Å²) in [5, 5.41) is 11.4. The van der Waals surface area contributed by atoms with E-state index < -0.39 is 29.8 Å². The highest BCUT2D eigenvalue weighted by Gasteiger charge is 2.30. The zero-order chi connectivity index (χ0) is 19.2. The first kappa shape index (κ1) is 19.3. The van der Waals surface area contributed by atoms with Crippen LogP contribution in [0.4, 0.5) is 18.0 Å². The lowest BCUT2D eigenvalue weighted by Crippen LogP contribution is -2.42. The standard InChI is InChI=1S/C18H16F3NO4/c19-18(20,21)14-8-6-12(7-9-14)10-15(16(23)24)22-17(25)26-11-13-4-2-1-3-5-13/h1-9,15H,10-11H2,(H,22,25)(H,23,24)/t15-/m0/s1. The van der Waals surface area contributed by atoms with Crippen LogP contribution in [0.3, 0.4) is 0 Å². The molecule has 0 aromatic heterocycles. The van der Waals surface area contributed by atoms with Crippen LogP contribution in [0, 0.1) is 0 Å². The molecule has 0 radical (unpaired) electrons. The molecule has 1 amide bonds. The molecule has 138 valence electrons. The number of carbonyl (C=O) groups excluding carboxylic acids is 1. The summed E-state index contributed by atoms with van der Waals surface area (Å²) in [7, 11) is 0. The largest absolute Gasteiger partial charge is 0.480 e. The van der Waals surface area contributed by atoms with Gasteiger partial charge in [0.25, 0.3) is 0 Å². The number of alkyl halides is 3. The number of ether oxygens (including phenoxy) is 1. The molecule has 0 saturated carbocycles. The van der Waals surface area contributed by atoms with Gasteiger partial charge in [0, 0.05) is 6.42 Å². The van der Waals surface area contributed by atoms with E-state index in [2.05, 4.69) is 5.32 Å². The van der Waals surface area contributed by atoms with E-state index in [-0.39, 0.29) is 13.0 Å². The molecule has 0 spiro atoms. The highest BCUT2D eigenvalue weighted by Crippen LogP contribution is 2.29. The number of hydrogen-bond donors (Lipinski definition) is 2. The Labute approximate surface area is 147 Å². The highest BCUT2D eigenvalue weighted by molar-refractivity contribution is 5.80. The monoisotopic (exact) mass is 367 g/mol. The van der Waals surface area contributed by atoms with Crippen LogP contribution in [-0.4, -0.2) is 23.2 Å². The number of aliphatic carboxylic acids is 1. The molecule has 0 saturated heterocycles. The van der Waals surface area contributed by atoms with E-state index in [9.17, 15) is 27.9 Å². The molecule has 0 aliphatic carbocycles. The molecule has 2 aromatic rings. The van der Waals surface area contributed by atoms with Crippen molar-refractivity contribution in [2.45, 2.75) is 25.2 Å². The van der Waals surface area contributed by atoms with Gasteiger partial charge in [-0.05, 0) is 23.3 Å². The van der Waals surface area contributed by atoms with E-state index in [1.165, 1.54) is 12.1 Å². The number of hydrogen-bond acceptors (Lipinski definition) is 3. The van der Waals surface area contributed by atoms with Crippen LogP contribution >= 0.6 is 0 Å². The van der Waals surface area contributed by atoms with E-state index in [0.717, 1.165) is 17.7 Å². The number of amides is 1. The van der Waals surface area contributed by atoms with Gasteiger partial charge in [-0.2, -0.15) is 13.2 Å². The molecule has 1 atom stereocenters. The number of carboxylic acids is 1. The third-order valence-electron chi connectivity index (χ3n) is 3.52. The van der Waals surface area contributed by atoms with Crippen LogP contribution in [0.5, 0.6) is 0 Å². The normalized spacial score (nSPS) is 12.3. The molecule has 0 unspecified atom stereocenters. The Morgan fingerprint density at radius 3 is 2.15 bits per heavy atom. The van der Waals surface area contributed by atoms with E-state index >= 15 is 0 Å². The average Bonchev–Trinajstić information content (AvgIpc) is 2.60. The predicted octanol–water partition coefficient (Wildman–Crippen LogP) is 3.63. The summed E-state index contributed by atoms with van der Waals surface area (Å²) in [5.74, 6) is -1.32. The van der Waals surface area contributed by atoms with Gasteiger partial charge in [-0.1, -0.05) is 42.5 Å². The molecule has 0 heterocycles. The van der Waals surface area contributed by atoms with Gasteiger partial charge in [0.1, 0.15) is 12.6 Å². The lowest BCUT2D eigenvalue weighted by atomic mass is 10.0. The number of nitrogens with one attached hydrogen (secondary N) is 1. The Morgan fingerprint density at radius 2 is 1.62 bits per heavy atom. The summed E-state index contributed by atoms with van der Waals surface area (Å²) >= 11 is 0. The van der Waals surface area contributed by atoms with Crippen molar-refractivity contribution in [2.24, 2.45) is 0 Å². The molecule has 0 bridgehead atoms. The summed E-state index contributed by atoms with van der Waals surface area (Å²) in [6.45, 7) is -0.0285. The van der Waals surface area contributed by atoms with Crippen LogP contribution in [0.2, 0.25) is 0 Å². The van der Waals surface area contributed by atoms with E-state index in [1.54, 1.807) is 30.3 Å². The third-order valence-corrected chi connectivity index (χ3v) is 3.52. The van der Waals surface area contributed by atoms with Crippen LogP contribution < -0.4 is 5.32 Å². The maximum absolute atomic E-state index is 12.5. The molecule has 0 aliphatic heterocycles. The minimum atomic E-state index is -4.47. The quantitative estimate of drug-likeness (QED) is 0.818. The van der Waals surface area contributed by atoms with Crippen molar-refractivity contribution < 1.29 is 32.6 Å². The summed E-state index contributed by atoms with van der Waals surface area (Å²) in [6.07, 6.45) is -5.56. The Bertz CT molecular complexity index is 745. The van der Waals surface area contributed by atoms with Gasteiger partial charge >= 0.3 is 18.2 Å². The fraction of sp³-hybridized carbons (Fsp3) is 0.222. The number of benzene rings is 2. The molecular weight excluding hydrogens is 351 g/mol. The second-order valence-corrected chi connectivity index (χ2v) is 5.50. The zero-order valence-corrected chi connectivity index (χ0v) is 13.5. The second-order valence-electron chi connectivity index (χ2n) is 5.50. The SMILES string of the molecule is O=C(N[C@@H](Cc1ccc(C(F)(F)F)cc1)C(=O)O)OCc1ccccc1. The average molecular weight is 367 g/mol. The van der Waals surface area contributed by atoms with Gasteiger partial charge in [0.05, 0.1) is 5.56 Å². The number of halogens is 3. The fourth-order valence-electron chi connectivity index (χ4n) is 2.17. The maximum Gasteiger partial charge on any atom is 0.416 e. The molecule has 2 aromatic carbocycles. The Kier molecular flexibility index (Phi) is 6.21. The molecule has 5 nitrogen and oxygen atoms in total. The van der Waals surface area contributed by atoms with E-state index in [0.29, 0.717) is 5.56 Å². The molecule has 0 aliphatic rings. The second kappa shape index (κ2) is 8.37. The molecule has 2 N–H and O–H groups in total. The number of rotatable bonds is 6. The van der Waals surface area contributed by atoms with E-state index in [4.69, 9.17) is 4.74 Å². The van der Waals surface area contributed by atoms with Crippen LogP contribution in [0.25, 0.3) is 0 Å². The van der Waals surface area contributed by atoms with Gasteiger partial charge in [0.15, 0.2) is 0 Å². The maximum atomic E-state index is 12.5. The van der Waals surface area contributed by atoms with Crippen molar-refractivity contribution in [2.75, 3.05) is 0 Å². The molecule has 0 fully saturated rings. The number of alkyl carbamates (subject to hydrolysis) is 1. The third kappa shape index (κ3) is 5.80. The summed E-state index contributed by atoms with van der Waals surface area (Å²) in [6, 6.07) is 11.6. The Hall–Kier alpha value is -3.03. The lowest BCUT2D eigenvalue weighted by molar-refractivity contribution is -0.139. The Balaban J connectivity index is 1.93. The van der Waals surface area contributed by atoms with Crippen molar-refractivity contribution in [3.63, 3.8) is 0 Å². The Morgan fingerprint density at radius 1 is 1.00 bits per heavy atom. The van der Waals surface area contributed by atoms with Gasteiger partial charge in [-0.15, -0.1) is 0 Å². The number of carbonyl (C=O) groups is 2. The molecule has 2 rings (SSSR count). The molecule has 26 heavy (non-hydrogen) atoms. The first-order valence-electron chi connectivity index (χ1n) is 7.62. The molecular formula is C18H16F3NO4. The van der Waals surface area contributed by atoms with Crippen molar-refractivity contribution in [3.05, 3.63) is 71.3 Å². The fourth-order valence-corrected chi connectivity index (χ4v) is 2.17. The minimum Gasteiger partial charge on any atom is -0.480 e. The number of carboxylic acid groups (broad SMARTS) is 1. The zero-order valence-electron chi connectivity index (χ0n) is 13.5. The first-order valence-corrected chi connectivity index (χ1v) is 7.62. The van der Waals surface area contributed by atoms with Gasteiger partial charge in [-0.25, -0.2) is 9.59 Å². The van der Waals surface area contributed by atoms with Crippen LogP contribution in [0.1, 0.15) is 16.7 Å². The summed E-state index contributed by atoms with van der Waals surface area (Å²) in [4.78, 5) is 23.1. The highest BCUT2D eigenvalue weighted by atomic mass is 19.4. The van der Waals surface area contributed by atoms with Crippen LogP contribution in [-0.2, 0) is 28.7 Å². The minimum absolute atomic E-state index is 0.0285. The predicted molar refractivity (Wildman–Crippen MR) is 86.3 cm³/mol. The first-order chi connectivity index (χ1) is 12.3. The van der Waals surface area contributed by atoms with Gasteiger partial charge < -0.3 is 15.2 Å².